The lowest BCUT2D eigenvalue weighted by atomic mass is 9.96. The summed E-state index contributed by atoms with van der Waals surface area (Å²) in [6.45, 7) is 0. The normalized spacial score (nSPS) is 11.8. The molecule has 0 saturated carbocycles. The molecule has 0 bridgehead atoms. The maximum Gasteiger partial charge on any atom is 0.194 e. The first kappa shape index (κ1) is 11.7. The third-order valence-electron chi connectivity index (χ3n) is 4.58. The molecule has 0 aliphatic heterocycles. The van der Waals surface area contributed by atoms with Gasteiger partial charge in [-0.25, -0.2) is 0 Å². The molecule has 0 amide bonds. The van der Waals surface area contributed by atoms with Gasteiger partial charge in [-0.05, 0) is 33.0 Å². The van der Waals surface area contributed by atoms with Crippen molar-refractivity contribution in [1.29, 1.82) is 0 Å². The fraction of sp³-hybridized carbons (Fsp3) is 0. The van der Waals surface area contributed by atoms with E-state index in [1.165, 1.54) is 5.39 Å². The highest BCUT2D eigenvalue weighted by Gasteiger charge is 2.14. The lowest BCUT2D eigenvalue weighted by Gasteiger charge is -2.06. The molecule has 5 rings (SSSR count). The number of hydrogen-bond donors (Lipinski definition) is 0. The number of rotatable bonds is 0. The van der Waals surface area contributed by atoms with Gasteiger partial charge < -0.3 is 0 Å². The molecule has 1 heteroatoms. The maximum absolute atomic E-state index is 13.1. The van der Waals surface area contributed by atoms with E-state index in [-0.39, 0.29) is 5.43 Å². The van der Waals surface area contributed by atoms with E-state index in [2.05, 4.69) is 36.4 Å². The van der Waals surface area contributed by atoms with Crippen LogP contribution < -0.4 is 5.43 Å². The first-order chi connectivity index (χ1) is 10.8. The van der Waals surface area contributed by atoms with Crippen molar-refractivity contribution in [2.45, 2.75) is 0 Å². The van der Waals surface area contributed by atoms with Gasteiger partial charge in [0.1, 0.15) is 0 Å². The lowest BCUT2D eigenvalue weighted by molar-refractivity contribution is 1.76. The Labute approximate surface area is 126 Å². The average molecular weight is 280 g/mol. The van der Waals surface area contributed by atoms with Gasteiger partial charge in [-0.1, -0.05) is 66.7 Å². The Hall–Kier alpha value is -2.93. The molecule has 0 radical (unpaired) electrons. The van der Waals surface area contributed by atoms with Gasteiger partial charge in [0, 0.05) is 16.2 Å². The summed E-state index contributed by atoms with van der Waals surface area (Å²) in [4.78, 5) is 13.1. The van der Waals surface area contributed by atoms with Crippen molar-refractivity contribution >= 4 is 43.1 Å². The molecular formula is C21H12O. The van der Waals surface area contributed by atoms with Crippen LogP contribution in [-0.4, -0.2) is 0 Å². The SMILES string of the molecule is O=c1c2cccc3cccc(c4cc5cccccc5c14)c32. The van der Waals surface area contributed by atoms with Crippen LogP contribution in [0.4, 0.5) is 0 Å². The van der Waals surface area contributed by atoms with Crippen LogP contribution in [0.15, 0.2) is 77.6 Å². The van der Waals surface area contributed by atoms with Crippen LogP contribution in [-0.2, 0) is 0 Å². The monoisotopic (exact) mass is 280 g/mol. The van der Waals surface area contributed by atoms with Crippen LogP contribution in [0.25, 0.3) is 43.1 Å². The molecule has 0 atom stereocenters. The molecule has 22 heavy (non-hydrogen) atoms. The summed E-state index contributed by atoms with van der Waals surface area (Å²) < 4.78 is 0. The lowest BCUT2D eigenvalue weighted by Crippen LogP contribution is -2.01. The summed E-state index contributed by atoms with van der Waals surface area (Å²) in [5, 5.41) is 8.27. The van der Waals surface area contributed by atoms with Crippen LogP contribution in [0.2, 0.25) is 0 Å². The Morgan fingerprint density at radius 3 is 2.05 bits per heavy atom. The molecular weight excluding hydrogens is 268 g/mol. The second-order valence-electron chi connectivity index (χ2n) is 5.75. The zero-order valence-corrected chi connectivity index (χ0v) is 11.8. The van der Waals surface area contributed by atoms with Crippen molar-refractivity contribution in [2.24, 2.45) is 0 Å². The molecule has 0 saturated heterocycles. The minimum absolute atomic E-state index is 0.139. The molecule has 0 aromatic heterocycles. The fourth-order valence-electron chi connectivity index (χ4n) is 3.63. The molecule has 0 fully saturated rings. The molecule has 0 aliphatic rings. The number of hydrogen-bond acceptors (Lipinski definition) is 1. The van der Waals surface area contributed by atoms with Crippen molar-refractivity contribution in [3.63, 3.8) is 0 Å². The molecule has 5 aromatic carbocycles. The molecule has 0 spiro atoms. The molecule has 1 nitrogen and oxygen atoms in total. The van der Waals surface area contributed by atoms with Crippen LogP contribution in [0, 0.1) is 0 Å². The molecule has 102 valence electrons. The topological polar surface area (TPSA) is 17.1 Å². The van der Waals surface area contributed by atoms with Crippen LogP contribution in [0.1, 0.15) is 0 Å². The van der Waals surface area contributed by atoms with E-state index in [1.54, 1.807) is 0 Å². The predicted molar refractivity (Wildman–Crippen MR) is 93.9 cm³/mol. The Bertz CT molecular complexity index is 1230. The van der Waals surface area contributed by atoms with E-state index in [1.807, 2.05) is 36.4 Å². The average Bonchev–Trinajstić information content (AvgIpc) is 2.76. The zero-order chi connectivity index (χ0) is 14.7. The summed E-state index contributed by atoms with van der Waals surface area (Å²) in [7, 11) is 0. The summed E-state index contributed by atoms with van der Waals surface area (Å²) in [6, 6.07) is 24.5. The van der Waals surface area contributed by atoms with Crippen molar-refractivity contribution in [2.75, 3.05) is 0 Å². The second-order valence-corrected chi connectivity index (χ2v) is 5.75. The second kappa shape index (κ2) is 4.05. The highest BCUT2D eigenvalue weighted by Crippen LogP contribution is 2.35. The van der Waals surface area contributed by atoms with Crippen molar-refractivity contribution < 1.29 is 0 Å². The Kier molecular flexibility index (Phi) is 2.15. The Morgan fingerprint density at radius 2 is 1.18 bits per heavy atom. The first-order valence-electron chi connectivity index (χ1n) is 7.43. The minimum Gasteiger partial charge on any atom is -0.289 e. The third kappa shape index (κ3) is 1.35. The Morgan fingerprint density at radius 1 is 0.500 bits per heavy atom. The van der Waals surface area contributed by atoms with Gasteiger partial charge in [-0.3, -0.25) is 4.79 Å². The van der Waals surface area contributed by atoms with E-state index in [0.29, 0.717) is 0 Å². The first-order valence-corrected chi connectivity index (χ1v) is 7.43. The van der Waals surface area contributed by atoms with Crippen LogP contribution in [0.3, 0.4) is 0 Å². The van der Waals surface area contributed by atoms with Gasteiger partial charge in [-0.15, -0.1) is 0 Å². The highest BCUT2D eigenvalue weighted by molar-refractivity contribution is 6.27. The van der Waals surface area contributed by atoms with Crippen LogP contribution in [0.5, 0.6) is 0 Å². The van der Waals surface area contributed by atoms with Crippen molar-refractivity contribution in [3.8, 4) is 0 Å². The molecule has 0 aliphatic carbocycles. The molecule has 0 heterocycles. The van der Waals surface area contributed by atoms with Crippen molar-refractivity contribution in [3.05, 3.63) is 83.0 Å². The summed E-state index contributed by atoms with van der Waals surface area (Å²) >= 11 is 0. The largest absolute Gasteiger partial charge is 0.289 e. The third-order valence-corrected chi connectivity index (χ3v) is 4.58. The molecule has 5 aromatic rings. The van der Waals surface area contributed by atoms with Gasteiger partial charge in [0.25, 0.3) is 0 Å². The quantitative estimate of drug-likeness (QED) is 0.386. The zero-order valence-electron chi connectivity index (χ0n) is 11.8. The van der Waals surface area contributed by atoms with Gasteiger partial charge in [0.2, 0.25) is 0 Å². The highest BCUT2D eigenvalue weighted by atomic mass is 16.1. The standard InChI is InChI=1S/C21H12O/c22-21-17-11-5-8-13-7-4-10-16(19(13)17)18-12-14-6-2-1-3-9-15(14)20(18)21/h1-12H. The van der Waals surface area contributed by atoms with E-state index in [9.17, 15) is 4.79 Å². The van der Waals surface area contributed by atoms with E-state index in [4.69, 9.17) is 0 Å². The van der Waals surface area contributed by atoms with Gasteiger partial charge in [0.05, 0.1) is 0 Å². The Balaban J connectivity index is 2.25. The van der Waals surface area contributed by atoms with Gasteiger partial charge in [0.15, 0.2) is 5.43 Å². The summed E-state index contributed by atoms with van der Waals surface area (Å²) in [5.41, 5.74) is 0.139. The van der Waals surface area contributed by atoms with Gasteiger partial charge in [-0.2, -0.15) is 0 Å². The number of benzene rings is 3. The smallest absolute Gasteiger partial charge is 0.194 e. The van der Waals surface area contributed by atoms with E-state index >= 15 is 0 Å². The van der Waals surface area contributed by atoms with Gasteiger partial charge >= 0.3 is 0 Å². The van der Waals surface area contributed by atoms with Crippen molar-refractivity contribution in [1.82, 2.24) is 0 Å². The summed E-state index contributed by atoms with van der Waals surface area (Å²) in [6.07, 6.45) is 0. The summed E-state index contributed by atoms with van der Waals surface area (Å²) in [5.74, 6) is 0. The van der Waals surface area contributed by atoms with E-state index < -0.39 is 0 Å². The molecule has 0 N–H and O–H groups in total. The number of fused-ring (bicyclic) bond motifs is 4. The maximum atomic E-state index is 13.1. The predicted octanol–water partition coefficient (Wildman–Crippen LogP) is 5.10. The minimum atomic E-state index is 0.139. The fourth-order valence-corrected chi connectivity index (χ4v) is 3.63. The molecule has 0 unspecified atom stereocenters. The van der Waals surface area contributed by atoms with E-state index in [0.717, 1.165) is 37.7 Å². The van der Waals surface area contributed by atoms with Crippen LogP contribution >= 0.6 is 0 Å².